The summed E-state index contributed by atoms with van der Waals surface area (Å²) >= 11 is 0. The van der Waals surface area contributed by atoms with Gasteiger partial charge in [0.1, 0.15) is 0 Å². The van der Waals surface area contributed by atoms with Gasteiger partial charge in [-0.15, -0.1) is 6.58 Å². The maximum absolute atomic E-state index is 12.8. The van der Waals surface area contributed by atoms with Crippen molar-refractivity contribution in [3.8, 4) is 0 Å². The van der Waals surface area contributed by atoms with Crippen LogP contribution in [0.25, 0.3) is 0 Å². The van der Waals surface area contributed by atoms with E-state index in [4.69, 9.17) is 0 Å². The maximum atomic E-state index is 12.8. The first-order valence-electron chi connectivity index (χ1n) is 7.10. The summed E-state index contributed by atoms with van der Waals surface area (Å²) in [4.78, 5) is 26.9. The Hall–Kier alpha value is -2.68. The van der Waals surface area contributed by atoms with Gasteiger partial charge in [-0.05, 0) is 38.1 Å². The average molecular weight is 293 g/mol. The van der Waals surface area contributed by atoms with Gasteiger partial charge in [0.2, 0.25) is 0 Å². The van der Waals surface area contributed by atoms with Crippen LogP contribution in [0.4, 0.5) is 0 Å². The second kappa shape index (κ2) is 6.39. The number of carbonyl (C=O) groups is 2. The van der Waals surface area contributed by atoms with E-state index in [1.165, 1.54) is 4.90 Å². The molecule has 0 aromatic heterocycles. The Morgan fingerprint density at radius 2 is 1.23 bits per heavy atom. The van der Waals surface area contributed by atoms with Crippen molar-refractivity contribution in [1.82, 2.24) is 4.90 Å². The summed E-state index contributed by atoms with van der Waals surface area (Å²) in [5.74, 6) is -0.668. The largest absolute Gasteiger partial charge is 0.269 e. The molecule has 0 saturated carbocycles. The van der Waals surface area contributed by atoms with Crippen molar-refractivity contribution in [3.05, 3.63) is 84.4 Å². The van der Waals surface area contributed by atoms with E-state index in [0.29, 0.717) is 11.1 Å². The number of imide groups is 1. The smallest absolute Gasteiger partial charge is 0.261 e. The van der Waals surface area contributed by atoms with Crippen molar-refractivity contribution < 1.29 is 9.59 Å². The van der Waals surface area contributed by atoms with Gasteiger partial charge in [0, 0.05) is 11.1 Å². The Bertz CT molecular complexity index is 624. The molecule has 0 aliphatic rings. The number of amides is 2. The van der Waals surface area contributed by atoms with Crippen LogP contribution in [0, 0.1) is 0 Å². The lowest BCUT2D eigenvalue weighted by Crippen LogP contribution is -2.50. The van der Waals surface area contributed by atoms with Gasteiger partial charge >= 0.3 is 0 Å². The minimum absolute atomic E-state index is 0.334. The SMILES string of the molecule is C=CC(C)(C)N(C(=O)c1ccccc1)C(=O)c1ccccc1. The minimum atomic E-state index is -0.792. The van der Waals surface area contributed by atoms with Crippen molar-refractivity contribution in [2.45, 2.75) is 19.4 Å². The molecule has 0 aliphatic carbocycles. The van der Waals surface area contributed by atoms with Gasteiger partial charge in [-0.1, -0.05) is 42.5 Å². The molecule has 3 heteroatoms. The summed E-state index contributed by atoms with van der Waals surface area (Å²) in [7, 11) is 0. The fourth-order valence-corrected chi connectivity index (χ4v) is 2.13. The molecule has 0 spiro atoms. The fourth-order valence-electron chi connectivity index (χ4n) is 2.13. The monoisotopic (exact) mass is 293 g/mol. The number of rotatable bonds is 4. The molecule has 0 fully saturated rings. The normalized spacial score (nSPS) is 10.8. The van der Waals surface area contributed by atoms with E-state index in [1.54, 1.807) is 68.5 Å². The summed E-state index contributed by atoms with van der Waals surface area (Å²) in [6.45, 7) is 7.35. The number of nitrogens with zero attached hydrogens (tertiary/aromatic N) is 1. The Kier molecular flexibility index (Phi) is 4.56. The molecule has 0 heterocycles. The zero-order chi connectivity index (χ0) is 16.2. The molecule has 2 aromatic carbocycles. The Morgan fingerprint density at radius 1 is 0.864 bits per heavy atom. The predicted molar refractivity (Wildman–Crippen MR) is 87.7 cm³/mol. The van der Waals surface area contributed by atoms with Crippen LogP contribution >= 0.6 is 0 Å². The fraction of sp³-hybridized carbons (Fsp3) is 0.158. The minimum Gasteiger partial charge on any atom is -0.269 e. The van der Waals surface area contributed by atoms with Crippen molar-refractivity contribution in [3.63, 3.8) is 0 Å². The molecule has 0 atom stereocenters. The van der Waals surface area contributed by atoms with E-state index >= 15 is 0 Å². The van der Waals surface area contributed by atoms with Crippen LogP contribution in [0.3, 0.4) is 0 Å². The Morgan fingerprint density at radius 3 is 1.55 bits per heavy atom. The zero-order valence-electron chi connectivity index (χ0n) is 12.8. The third-order valence-corrected chi connectivity index (χ3v) is 3.52. The quantitative estimate of drug-likeness (QED) is 0.632. The van der Waals surface area contributed by atoms with Gasteiger partial charge in [-0.25, -0.2) is 0 Å². The summed E-state index contributed by atoms with van der Waals surface area (Å²) in [6.07, 6.45) is 1.61. The Balaban J connectivity index is 2.47. The van der Waals surface area contributed by atoms with Crippen LogP contribution in [0.2, 0.25) is 0 Å². The number of hydrogen-bond donors (Lipinski definition) is 0. The van der Waals surface area contributed by atoms with E-state index in [2.05, 4.69) is 6.58 Å². The number of hydrogen-bond acceptors (Lipinski definition) is 2. The van der Waals surface area contributed by atoms with Crippen LogP contribution in [-0.4, -0.2) is 22.3 Å². The van der Waals surface area contributed by atoms with Crippen LogP contribution < -0.4 is 0 Å². The summed E-state index contributed by atoms with van der Waals surface area (Å²) in [5.41, 5.74) is 0.156. The molecule has 112 valence electrons. The lowest BCUT2D eigenvalue weighted by molar-refractivity contribution is 0.0501. The third-order valence-electron chi connectivity index (χ3n) is 3.52. The predicted octanol–water partition coefficient (Wildman–Crippen LogP) is 3.93. The second-order valence-electron chi connectivity index (χ2n) is 5.54. The highest BCUT2D eigenvalue weighted by molar-refractivity contribution is 6.11. The van der Waals surface area contributed by atoms with Crippen molar-refractivity contribution in [2.24, 2.45) is 0 Å². The number of carbonyl (C=O) groups excluding carboxylic acids is 2. The molecule has 2 amide bonds. The molecular formula is C19H19NO2. The maximum Gasteiger partial charge on any atom is 0.261 e. The topological polar surface area (TPSA) is 37.4 Å². The molecule has 0 unspecified atom stereocenters. The molecule has 0 radical (unpaired) electrons. The highest BCUT2D eigenvalue weighted by Crippen LogP contribution is 2.22. The molecule has 3 nitrogen and oxygen atoms in total. The van der Waals surface area contributed by atoms with Crippen LogP contribution in [0.1, 0.15) is 34.6 Å². The summed E-state index contributed by atoms with van der Waals surface area (Å²) in [6, 6.07) is 17.6. The molecule has 0 aliphatic heterocycles. The number of benzene rings is 2. The van der Waals surface area contributed by atoms with E-state index in [0.717, 1.165) is 0 Å². The lowest BCUT2D eigenvalue weighted by atomic mass is 9.99. The molecule has 0 bridgehead atoms. The summed E-state index contributed by atoms with van der Waals surface area (Å²) in [5, 5.41) is 0. The molecule has 2 rings (SSSR count). The first kappa shape index (κ1) is 15.7. The molecule has 0 saturated heterocycles. The van der Waals surface area contributed by atoms with Crippen molar-refractivity contribution in [1.29, 1.82) is 0 Å². The first-order chi connectivity index (χ1) is 10.5. The van der Waals surface area contributed by atoms with Crippen molar-refractivity contribution in [2.75, 3.05) is 0 Å². The van der Waals surface area contributed by atoms with Gasteiger partial charge in [0.25, 0.3) is 11.8 Å². The second-order valence-corrected chi connectivity index (χ2v) is 5.54. The van der Waals surface area contributed by atoms with Gasteiger partial charge < -0.3 is 0 Å². The average Bonchev–Trinajstić information content (AvgIpc) is 2.56. The van der Waals surface area contributed by atoms with E-state index in [9.17, 15) is 9.59 Å². The Labute approximate surface area is 130 Å². The van der Waals surface area contributed by atoms with E-state index in [-0.39, 0.29) is 11.8 Å². The first-order valence-corrected chi connectivity index (χ1v) is 7.10. The van der Waals surface area contributed by atoms with Gasteiger partial charge in [-0.3, -0.25) is 14.5 Å². The highest BCUT2D eigenvalue weighted by atomic mass is 16.2. The van der Waals surface area contributed by atoms with Crippen molar-refractivity contribution >= 4 is 11.8 Å². The van der Waals surface area contributed by atoms with Gasteiger partial charge in [-0.2, -0.15) is 0 Å². The van der Waals surface area contributed by atoms with Gasteiger partial charge in [0.05, 0.1) is 5.54 Å². The lowest BCUT2D eigenvalue weighted by Gasteiger charge is -2.34. The highest BCUT2D eigenvalue weighted by Gasteiger charge is 2.34. The standard InChI is InChI=1S/C19H19NO2/c1-4-19(2,3)20(17(21)15-11-7-5-8-12-15)18(22)16-13-9-6-10-14-16/h4-14H,1H2,2-3H3. The molecular weight excluding hydrogens is 274 g/mol. The molecule has 0 N–H and O–H groups in total. The molecule has 22 heavy (non-hydrogen) atoms. The van der Waals surface area contributed by atoms with Crippen LogP contribution in [0.15, 0.2) is 73.3 Å². The van der Waals surface area contributed by atoms with E-state index < -0.39 is 5.54 Å². The summed E-state index contributed by atoms with van der Waals surface area (Å²) < 4.78 is 0. The molecule has 2 aromatic rings. The zero-order valence-corrected chi connectivity index (χ0v) is 12.8. The van der Waals surface area contributed by atoms with Crippen LogP contribution in [0.5, 0.6) is 0 Å². The van der Waals surface area contributed by atoms with Gasteiger partial charge in [0.15, 0.2) is 0 Å². The third kappa shape index (κ3) is 3.14. The van der Waals surface area contributed by atoms with Crippen LogP contribution in [-0.2, 0) is 0 Å². The van der Waals surface area contributed by atoms with E-state index in [1.807, 2.05) is 12.1 Å².